The maximum atomic E-state index is 11.9. The molecule has 0 bridgehead atoms. The van der Waals surface area contributed by atoms with Gasteiger partial charge in [-0.1, -0.05) is 0 Å². The maximum absolute atomic E-state index is 11.9. The molecule has 1 heterocycles. The lowest BCUT2D eigenvalue weighted by atomic mass is 10.2. The molecule has 0 fully saturated rings. The van der Waals surface area contributed by atoms with E-state index in [1.807, 2.05) is 19.0 Å². The number of likely N-dealkylation sites (N-methyl/N-ethyl adjacent to an activating group) is 1. The molecule has 2 rings (SSSR count). The summed E-state index contributed by atoms with van der Waals surface area (Å²) in [4.78, 5) is 29.6. The Kier molecular flexibility index (Phi) is 6.08. The van der Waals surface area contributed by atoms with Crippen molar-refractivity contribution in [2.45, 2.75) is 6.92 Å². The van der Waals surface area contributed by atoms with E-state index < -0.39 is 11.6 Å². The van der Waals surface area contributed by atoms with Crippen molar-refractivity contribution in [3.8, 4) is 5.75 Å². The van der Waals surface area contributed by atoms with Gasteiger partial charge in [-0.25, -0.2) is 9.59 Å². The Bertz CT molecular complexity index is 822. The van der Waals surface area contributed by atoms with Gasteiger partial charge in [0, 0.05) is 18.8 Å². The fourth-order valence-corrected chi connectivity index (χ4v) is 1.95. The number of benzene rings is 1. The molecule has 0 saturated carbocycles. The Labute approximate surface area is 145 Å². The first-order valence-electron chi connectivity index (χ1n) is 7.66. The van der Waals surface area contributed by atoms with Crippen LogP contribution in [-0.4, -0.2) is 49.4 Å². The summed E-state index contributed by atoms with van der Waals surface area (Å²) in [6.45, 7) is 2.53. The molecule has 2 aromatic rings. The van der Waals surface area contributed by atoms with Gasteiger partial charge in [-0.15, -0.1) is 0 Å². The van der Waals surface area contributed by atoms with Crippen LogP contribution in [0.15, 0.2) is 44.5 Å². The number of rotatable bonds is 6. The van der Waals surface area contributed by atoms with E-state index in [0.717, 1.165) is 0 Å². The van der Waals surface area contributed by atoms with E-state index in [0.29, 0.717) is 30.2 Å². The molecule has 1 N–H and O–H groups in total. The van der Waals surface area contributed by atoms with Crippen LogP contribution in [0.25, 0.3) is 0 Å². The SMILES string of the molecule is Cc1cc(O)c(C=Nc2ccc(C(=O)OCCN(C)C)cc2)c(=O)o1. The second-order valence-electron chi connectivity index (χ2n) is 5.69. The van der Waals surface area contributed by atoms with Crippen LogP contribution in [0.2, 0.25) is 0 Å². The second kappa shape index (κ2) is 8.25. The Morgan fingerprint density at radius 2 is 2.00 bits per heavy atom. The smallest absolute Gasteiger partial charge is 0.348 e. The summed E-state index contributed by atoms with van der Waals surface area (Å²) in [5.41, 5.74) is 0.236. The minimum absolute atomic E-state index is 0.0298. The molecule has 0 aliphatic rings. The molecule has 0 aliphatic carbocycles. The zero-order chi connectivity index (χ0) is 18.4. The molecule has 0 atom stereocenters. The standard InChI is InChI=1S/C18H20N2O5/c1-12-10-16(21)15(18(23)25-12)11-19-14-6-4-13(5-7-14)17(22)24-9-8-20(2)3/h4-7,10-11,21H,8-9H2,1-3H3. The van der Waals surface area contributed by atoms with E-state index in [1.165, 1.54) is 12.3 Å². The predicted molar refractivity (Wildman–Crippen MR) is 93.9 cm³/mol. The highest BCUT2D eigenvalue weighted by atomic mass is 16.5. The molecule has 0 amide bonds. The number of nitrogens with zero attached hydrogens (tertiary/aromatic N) is 2. The average molecular weight is 344 g/mol. The molecular weight excluding hydrogens is 324 g/mol. The van der Waals surface area contributed by atoms with Gasteiger partial charge < -0.3 is 19.2 Å². The van der Waals surface area contributed by atoms with Gasteiger partial charge in [0.25, 0.3) is 0 Å². The van der Waals surface area contributed by atoms with E-state index in [1.54, 1.807) is 31.2 Å². The third kappa shape index (κ3) is 5.29. The molecule has 132 valence electrons. The molecule has 7 heteroatoms. The van der Waals surface area contributed by atoms with Gasteiger partial charge in [-0.3, -0.25) is 4.99 Å². The quantitative estimate of drug-likeness (QED) is 0.637. The summed E-state index contributed by atoms with van der Waals surface area (Å²) in [5, 5.41) is 9.77. The first-order chi connectivity index (χ1) is 11.9. The zero-order valence-corrected chi connectivity index (χ0v) is 14.4. The summed E-state index contributed by atoms with van der Waals surface area (Å²) in [6.07, 6.45) is 1.23. The number of aromatic hydroxyl groups is 1. The number of esters is 1. The van der Waals surface area contributed by atoms with Crippen molar-refractivity contribution in [1.82, 2.24) is 4.90 Å². The van der Waals surface area contributed by atoms with Crippen LogP contribution in [0, 0.1) is 6.92 Å². The van der Waals surface area contributed by atoms with Gasteiger partial charge in [-0.2, -0.15) is 0 Å². The molecule has 0 radical (unpaired) electrons. The first-order valence-corrected chi connectivity index (χ1v) is 7.66. The van der Waals surface area contributed by atoms with Gasteiger partial charge in [0.05, 0.1) is 11.3 Å². The van der Waals surface area contributed by atoms with Gasteiger partial charge in [0.15, 0.2) is 0 Å². The lowest BCUT2D eigenvalue weighted by molar-refractivity contribution is 0.0482. The third-order valence-corrected chi connectivity index (χ3v) is 3.31. The van der Waals surface area contributed by atoms with Crippen LogP contribution in [0.3, 0.4) is 0 Å². The van der Waals surface area contributed by atoms with Gasteiger partial charge in [-0.05, 0) is 45.3 Å². The minimum atomic E-state index is -0.664. The highest BCUT2D eigenvalue weighted by molar-refractivity contribution is 5.90. The van der Waals surface area contributed by atoms with Gasteiger partial charge in [0.1, 0.15) is 23.7 Å². The summed E-state index contributed by atoms with van der Waals surface area (Å²) in [7, 11) is 3.79. The molecule has 0 saturated heterocycles. The van der Waals surface area contributed by atoms with Crippen molar-refractivity contribution in [2.24, 2.45) is 4.99 Å². The third-order valence-electron chi connectivity index (χ3n) is 3.31. The maximum Gasteiger partial charge on any atom is 0.348 e. The lowest BCUT2D eigenvalue weighted by Crippen LogP contribution is -2.20. The van der Waals surface area contributed by atoms with Gasteiger partial charge in [0.2, 0.25) is 0 Å². The topological polar surface area (TPSA) is 92.3 Å². The molecule has 7 nitrogen and oxygen atoms in total. The Morgan fingerprint density at radius 1 is 1.32 bits per heavy atom. The number of aliphatic imine (C=N–C) groups is 1. The van der Waals surface area contributed by atoms with E-state index in [-0.39, 0.29) is 11.3 Å². The molecule has 0 aliphatic heterocycles. The van der Waals surface area contributed by atoms with Crippen molar-refractivity contribution >= 4 is 17.9 Å². The fraction of sp³-hybridized carbons (Fsp3) is 0.278. The average Bonchev–Trinajstić information content (AvgIpc) is 2.54. The molecule has 0 unspecified atom stereocenters. The largest absolute Gasteiger partial charge is 0.507 e. The molecule has 25 heavy (non-hydrogen) atoms. The molecular formula is C18H20N2O5. The number of hydrogen-bond donors (Lipinski definition) is 1. The van der Waals surface area contributed by atoms with Crippen molar-refractivity contribution in [2.75, 3.05) is 27.2 Å². The molecule has 1 aromatic carbocycles. The summed E-state index contributed by atoms with van der Waals surface area (Å²) in [6, 6.07) is 7.75. The van der Waals surface area contributed by atoms with Crippen LogP contribution < -0.4 is 5.63 Å². The van der Waals surface area contributed by atoms with Gasteiger partial charge >= 0.3 is 11.6 Å². The predicted octanol–water partition coefficient (Wildman–Crippen LogP) is 2.12. The van der Waals surface area contributed by atoms with Crippen LogP contribution in [-0.2, 0) is 4.74 Å². The second-order valence-corrected chi connectivity index (χ2v) is 5.69. The summed E-state index contributed by atoms with van der Waals surface area (Å²) < 4.78 is 10.1. The number of aryl methyl sites for hydroxylation is 1. The van der Waals surface area contributed by atoms with E-state index in [4.69, 9.17) is 9.15 Å². The highest BCUT2D eigenvalue weighted by Gasteiger charge is 2.08. The summed E-state index contributed by atoms with van der Waals surface area (Å²) >= 11 is 0. The molecule has 0 spiro atoms. The van der Waals surface area contributed by atoms with E-state index in [9.17, 15) is 14.7 Å². The Morgan fingerprint density at radius 3 is 2.60 bits per heavy atom. The van der Waals surface area contributed by atoms with Crippen LogP contribution in [0.4, 0.5) is 5.69 Å². The van der Waals surface area contributed by atoms with Crippen molar-refractivity contribution in [3.63, 3.8) is 0 Å². The Balaban J connectivity index is 2.05. The van der Waals surface area contributed by atoms with Crippen LogP contribution in [0.1, 0.15) is 21.7 Å². The minimum Gasteiger partial charge on any atom is -0.507 e. The number of carbonyl (C=O) groups excluding carboxylic acids is 1. The Hall–Kier alpha value is -2.93. The zero-order valence-electron chi connectivity index (χ0n) is 14.4. The monoisotopic (exact) mass is 344 g/mol. The van der Waals surface area contributed by atoms with Crippen molar-refractivity contribution in [1.29, 1.82) is 0 Å². The molecule has 1 aromatic heterocycles. The number of hydrogen-bond acceptors (Lipinski definition) is 7. The van der Waals surface area contributed by atoms with Crippen molar-refractivity contribution < 1.29 is 19.1 Å². The first kappa shape index (κ1) is 18.4. The number of ether oxygens (including phenoxy) is 1. The summed E-state index contributed by atoms with van der Waals surface area (Å²) in [5.74, 6) is -0.287. The van der Waals surface area contributed by atoms with Crippen molar-refractivity contribution in [3.05, 3.63) is 57.6 Å². The van der Waals surface area contributed by atoms with Crippen LogP contribution >= 0.6 is 0 Å². The van der Waals surface area contributed by atoms with Crippen LogP contribution in [0.5, 0.6) is 5.75 Å². The number of carbonyl (C=O) groups is 1. The highest BCUT2D eigenvalue weighted by Crippen LogP contribution is 2.16. The lowest BCUT2D eigenvalue weighted by Gasteiger charge is -2.09. The normalized spacial score (nSPS) is 11.2. The van der Waals surface area contributed by atoms with E-state index >= 15 is 0 Å². The van der Waals surface area contributed by atoms with E-state index in [2.05, 4.69) is 4.99 Å². The fourth-order valence-electron chi connectivity index (χ4n) is 1.95.